The van der Waals surface area contributed by atoms with Gasteiger partial charge in [-0.3, -0.25) is 9.59 Å². The molecular formula is C24H17F2N3O2. The highest BCUT2D eigenvalue weighted by Gasteiger charge is 2.16. The van der Waals surface area contributed by atoms with Crippen molar-refractivity contribution in [3.63, 3.8) is 0 Å². The number of anilines is 2. The molecule has 0 bridgehead atoms. The lowest BCUT2D eigenvalue weighted by Crippen LogP contribution is -2.15. The van der Waals surface area contributed by atoms with Crippen LogP contribution >= 0.6 is 0 Å². The highest BCUT2D eigenvalue weighted by Crippen LogP contribution is 2.27. The van der Waals surface area contributed by atoms with Crippen LogP contribution in [0, 0.1) is 11.6 Å². The predicted molar refractivity (Wildman–Crippen MR) is 116 cm³/mol. The first-order valence-electron chi connectivity index (χ1n) is 9.45. The number of nitrogens with one attached hydrogen (secondary N) is 2. The summed E-state index contributed by atoms with van der Waals surface area (Å²) in [4.78, 5) is 28.9. The van der Waals surface area contributed by atoms with Crippen LogP contribution in [0.5, 0.6) is 0 Å². The molecule has 0 aliphatic rings. The molecule has 0 unspecified atom stereocenters. The first-order valence-corrected chi connectivity index (χ1v) is 9.45. The standard InChI is InChI=1S/C24H17F2N3O2/c1-14(30)27-17-10-11-20(26)23(12-17)29-24(31)19-13-22(15-6-8-16(25)9-7-15)28-21-5-3-2-4-18(19)21/h2-13H,1H3,(H,27,30)(H,29,31). The third kappa shape index (κ3) is 4.40. The van der Waals surface area contributed by atoms with Gasteiger partial charge in [0.2, 0.25) is 5.91 Å². The Labute approximate surface area is 176 Å². The van der Waals surface area contributed by atoms with Crippen LogP contribution in [0.3, 0.4) is 0 Å². The van der Waals surface area contributed by atoms with Crippen LogP contribution < -0.4 is 10.6 Å². The van der Waals surface area contributed by atoms with Crippen LogP contribution in [-0.2, 0) is 4.79 Å². The molecule has 2 N–H and O–H groups in total. The van der Waals surface area contributed by atoms with Gasteiger partial charge in [0.25, 0.3) is 5.91 Å². The van der Waals surface area contributed by atoms with Crippen LogP contribution in [-0.4, -0.2) is 16.8 Å². The van der Waals surface area contributed by atoms with E-state index in [1.807, 2.05) is 0 Å². The third-order valence-corrected chi connectivity index (χ3v) is 4.64. The Hall–Kier alpha value is -4.13. The summed E-state index contributed by atoms with van der Waals surface area (Å²) in [5.74, 6) is -1.87. The topological polar surface area (TPSA) is 71.1 Å². The van der Waals surface area contributed by atoms with Crippen LogP contribution in [0.15, 0.2) is 72.8 Å². The molecule has 0 saturated carbocycles. The third-order valence-electron chi connectivity index (χ3n) is 4.64. The highest BCUT2D eigenvalue weighted by molar-refractivity contribution is 6.13. The Balaban J connectivity index is 1.76. The maximum Gasteiger partial charge on any atom is 0.256 e. The molecule has 0 fully saturated rings. The number of pyridine rings is 1. The minimum atomic E-state index is -0.639. The molecule has 1 aromatic heterocycles. The molecule has 5 nitrogen and oxygen atoms in total. The quantitative estimate of drug-likeness (QED) is 0.468. The summed E-state index contributed by atoms with van der Waals surface area (Å²) in [6, 6.07) is 18.3. The van der Waals surface area contributed by atoms with Crippen molar-refractivity contribution in [1.29, 1.82) is 0 Å². The molecule has 7 heteroatoms. The highest BCUT2D eigenvalue weighted by atomic mass is 19.1. The number of rotatable bonds is 4. The molecule has 0 aliphatic carbocycles. The monoisotopic (exact) mass is 417 g/mol. The summed E-state index contributed by atoms with van der Waals surface area (Å²) >= 11 is 0. The first kappa shape index (κ1) is 20.2. The number of hydrogen-bond acceptors (Lipinski definition) is 3. The van der Waals surface area contributed by atoms with Gasteiger partial charge in [0.15, 0.2) is 0 Å². The Kier molecular flexibility index (Phi) is 5.41. The molecule has 31 heavy (non-hydrogen) atoms. The summed E-state index contributed by atoms with van der Waals surface area (Å²) in [6.07, 6.45) is 0. The first-order chi connectivity index (χ1) is 14.9. The van der Waals surface area contributed by atoms with Crippen molar-refractivity contribution in [2.75, 3.05) is 10.6 Å². The molecule has 0 spiro atoms. The molecule has 4 aromatic rings. The van der Waals surface area contributed by atoms with Gasteiger partial charge < -0.3 is 10.6 Å². The van der Waals surface area contributed by atoms with E-state index in [-0.39, 0.29) is 23.0 Å². The Morgan fingerprint density at radius 1 is 0.871 bits per heavy atom. The summed E-state index contributed by atoms with van der Waals surface area (Å²) in [7, 11) is 0. The van der Waals surface area contributed by atoms with Gasteiger partial charge in [-0.2, -0.15) is 0 Å². The van der Waals surface area contributed by atoms with E-state index in [2.05, 4.69) is 15.6 Å². The molecule has 0 aliphatic heterocycles. The number of amides is 2. The van der Waals surface area contributed by atoms with E-state index in [4.69, 9.17) is 0 Å². The predicted octanol–water partition coefficient (Wildman–Crippen LogP) is 5.39. The maximum absolute atomic E-state index is 14.3. The number of aromatic nitrogens is 1. The summed E-state index contributed by atoms with van der Waals surface area (Å²) in [5, 5.41) is 5.71. The fourth-order valence-corrected chi connectivity index (χ4v) is 3.22. The molecule has 0 atom stereocenters. The van der Waals surface area contributed by atoms with Gasteiger partial charge in [-0.25, -0.2) is 13.8 Å². The van der Waals surface area contributed by atoms with Gasteiger partial charge in [0, 0.05) is 23.6 Å². The zero-order valence-corrected chi connectivity index (χ0v) is 16.4. The minimum absolute atomic E-state index is 0.0690. The number of benzene rings is 3. The zero-order chi connectivity index (χ0) is 22.0. The van der Waals surface area contributed by atoms with E-state index >= 15 is 0 Å². The molecule has 0 radical (unpaired) electrons. The molecule has 0 saturated heterocycles. The number of fused-ring (bicyclic) bond motifs is 1. The average Bonchev–Trinajstić information content (AvgIpc) is 2.75. The Bertz CT molecular complexity index is 1300. The van der Waals surface area contributed by atoms with Gasteiger partial charge in [-0.1, -0.05) is 18.2 Å². The number of carbonyl (C=O) groups excluding carboxylic acids is 2. The second-order valence-electron chi connectivity index (χ2n) is 6.91. The van der Waals surface area contributed by atoms with E-state index in [0.717, 1.165) is 6.07 Å². The van der Waals surface area contributed by atoms with Gasteiger partial charge >= 0.3 is 0 Å². The van der Waals surface area contributed by atoms with Crippen LogP contribution in [0.25, 0.3) is 22.2 Å². The number of halogens is 2. The van der Waals surface area contributed by atoms with Crippen molar-refractivity contribution >= 4 is 34.1 Å². The molecular weight excluding hydrogens is 400 g/mol. The Morgan fingerprint density at radius 3 is 2.35 bits per heavy atom. The van der Waals surface area contributed by atoms with Crippen molar-refractivity contribution in [3.05, 3.63) is 90.0 Å². The van der Waals surface area contributed by atoms with E-state index in [9.17, 15) is 18.4 Å². The van der Waals surface area contributed by atoms with Gasteiger partial charge in [-0.05, 0) is 54.6 Å². The number of nitrogens with zero attached hydrogens (tertiary/aromatic N) is 1. The lowest BCUT2D eigenvalue weighted by molar-refractivity contribution is -0.114. The van der Waals surface area contributed by atoms with Crippen LogP contribution in [0.1, 0.15) is 17.3 Å². The van der Waals surface area contributed by atoms with Crippen molar-refractivity contribution in [3.8, 4) is 11.3 Å². The fraction of sp³-hybridized carbons (Fsp3) is 0.0417. The molecule has 1 heterocycles. The van der Waals surface area contributed by atoms with Crippen LogP contribution in [0.2, 0.25) is 0 Å². The molecule has 4 rings (SSSR count). The van der Waals surface area contributed by atoms with Crippen molar-refractivity contribution in [1.82, 2.24) is 4.98 Å². The van der Waals surface area contributed by atoms with Crippen molar-refractivity contribution in [2.45, 2.75) is 6.92 Å². The molecule has 2 amide bonds. The SMILES string of the molecule is CC(=O)Nc1ccc(F)c(NC(=O)c2cc(-c3ccc(F)cc3)nc3ccccc23)c1. The maximum atomic E-state index is 14.3. The van der Waals surface area contributed by atoms with Gasteiger partial charge in [0.1, 0.15) is 11.6 Å². The second-order valence-corrected chi connectivity index (χ2v) is 6.91. The Morgan fingerprint density at radius 2 is 1.61 bits per heavy atom. The van der Waals surface area contributed by atoms with E-state index < -0.39 is 11.7 Å². The summed E-state index contributed by atoms with van der Waals surface area (Å²) < 4.78 is 27.6. The average molecular weight is 417 g/mol. The number of carbonyl (C=O) groups is 2. The molecule has 154 valence electrons. The second kappa shape index (κ2) is 8.31. The van der Waals surface area contributed by atoms with E-state index in [1.54, 1.807) is 42.5 Å². The summed E-state index contributed by atoms with van der Waals surface area (Å²) in [5.41, 5.74) is 2.27. The van der Waals surface area contributed by atoms with E-state index in [1.165, 1.54) is 31.2 Å². The largest absolute Gasteiger partial charge is 0.326 e. The minimum Gasteiger partial charge on any atom is -0.326 e. The normalized spacial score (nSPS) is 10.7. The number of hydrogen-bond donors (Lipinski definition) is 2. The fourth-order valence-electron chi connectivity index (χ4n) is 3.22. The zero-order valence-electron chi connectivity index (χ0n) is 16.4. The summed E-state index contributed by atoms with van der Waals surface area (Å²) in [6.45, 7) is 1.34. The smallest absolute Gasteiger partial charge is 0.256 e. The van der Waals surface area contributed by atoms with Gasteiger partial charge in [0.05, 0.1) is 22.5 Å². The van der Waals surface area contributed by atoms with Crippen molar-refractivity contribution < 1.29 is 18.4 Å². The lowest BCUT2D eigenvalue weighted by atomic mass is 10.0. The van der Waals surface area contributed by atoms with Crippen molar-refractivity contribution in [2.24, 2.45) is 0 Å². The van der Waals surface area contributed by atoms with Crippen LogP contribution in [0.4, 0.5) is 20.2 Å². The lowest BCUT2D eigenvalue weighted by Gasteiger charge is -2.12. The van der Waals surface area contributed by atoms with Gasteiger partial charge in [-0.15, -0.1) is 0 Å². The molecule has 3 aromatic carbocycles. The van der Waals surface area contributed by atoms with E-state index in [0.29, 0.717) is 27.8 Å². The number of para-hydroxylation sites is 1.